The minimum Gasteiger partial charge on any atom is -0.493 e. The van der Waals surface area contributed by atoms with Crippen molar-refractivity contribution in [3.05, 3.63) is 74.5 Å². The van der Waals surface area contributed by atoms with Gasteiger partial charge in [-0.05, 0) is 23.8 Å². The molecule has 1 aliphatic heterocycles. The molecule has 6 heteroatoms. The number of para-hydroxylation sites is 1. The Balaban J connectivity index is 1.92. The lowest BCUT2D eigenvalue weighted by Crippen LogP contribution is -1.97. The van der Waals surface area contributed by atoms with Crippen molar-refractivity contribution in [3.8, 4) is 5.88 Å². The first-order valence-corrected chi connectivity index (χ1v) is 8.23. The third-order valence-corrected chi connectivity index (χ3v) is 4.77. The first kappa shape index (κ1) is 14.6. The van der Waals surface area contributed by atoms with Crippen molar-refractivity contribution in [3.63, 3.8) is 0 Å². The van der Waals surface area contributed by atoms with Crippen molar-refractivity contribution in [1.29, 1.82) is 0 Å². The molecule has 0 radical (unpaired) electrons. The van der Waals surface area contributed by atoms with Crippen LogP contribution in [0.5, 0.6) is 5.88 Å². The number of aromatic amines is 1. The number of allylic oxidation sites excluding steroid dienone is 2. The Bertz CT molecular complexity index is 1020. The van der Waals surface area contributed by atoms with Crippen molar-refractivity contribution in [1.82, 2.24) is 9.97 Å². The van der Waals surface area contributed by atoms with Crippen LogP contribution in [-0.2, 0) is 6.42 Å². The van der Waals surface area contributed by atoms with E-state index in [-0.39, 0.29) is 10.8 Å². The van der Waals surface area contributed by atoms with E-state index in [9.17, 15) is 9.90 Å². The van der Waals surface area contributed by atoms with Gasteiger partial charge in [0.25, 0.3) is 0 Å². The number of fused-ring (bicyclic) bond motifs is 1. The van der Waals surface area contributed by atoms with Gasteiger partial charge in [0.15, 0.2) is 0 Å². The van der Waals surface area contributed by atoms with Crippen molar-refractivity contribution >= 4 is 34.4 Å². The lowest BCUT2D eigenvalue weighted by molar-refractivity contribution is 0.454. The molecule has 0 saturated carbocycles. The topological polar surface area (TPSA) is 78.3 Å². The molecule has 0 bridgehead atoms. The van der Waals surface area contributed by atoms with E-state index in [2.05, 4.69) is 15.0 Å². The van der Waals surface area contributed by atoms with Crippen LogP contribution in [0.2, 0.25) is 0 Å². The molecule has 0 atom stereocenters. The maximum absolute atomic E-state index is 11.7. The monoisotopic (exact) mass is 335 g/mol. The van der Waals surface area contributed by atoms with Crippen LogP contribution >= 0.6 is 11.3 Å². The second kappa shape index (κ2) is 5.90. The van der Waals surface area contributed by atoms with Crippen molar-refractivity contribution in [2.75, 3.05) is 0 Å². The van der Waals surface area contributed by atoms with Gasteiger partial charge >= 0.3 is 4.87 Å². The van der Waals surface area contributed by atoms with Crippen molar-refractivity contribution < 1.29 is 5.11 Å². The third kappa shape index (κ3) is 2.57. The molecule has 1 aromatic carbocycles. The van der Waals surface area contributed by atoms with E-state index in [0.717, 1.165) is 39.4 Å². The van der Waals surface area contributed by atoms with E-state index in [4.69, 9.17) is 0 Å². The van der Waals surface area contributed by atoms with Gasteiger partial charge in [-0.2, -0.15) is 0 Å². The van der Waals surface area contributed by atoms with E-state index in [1.807, 2.05) is 42.5 Å². The normalized spacial score (nSPS) is 14.7. The fourth-order valence-corrected chi connectivity index (χ4v) is 3.55. The number of benzene rings is 1. The fraction of sp³-hybridized carbons (Fsp3) is 0.0556. The number of aliphatic imine (C=N–C) groups is 1. The maximum Gasteiger partial charge on any atom is 0.307 e. The first-order valence-electron chi connectivity index (χ1n) is 7.41. The average Bonchev–Trinajstić information content (AvgIpc) is 3.17. The zero-order chi connectivity index (χ0) is 16.5. The number of H-pyrrole nitrogens is 1. The summed E-state index contributed by atoms with van der Waals surface area (Å²) in [6.45, 7) is 0. The van der Waals surface area contributed by atoms with Gasteiger partial charge < -0.3 is 5.11 Å². The molecule has 5 nitrogen and oxygen atoms in total. The highest BCUT2D eigenvalue weighted by Crippen LogP contribution is 2.39. The summed E-state index contributed by atoms with van der Waals surface area (Å²) in [5, 5.41) is 10.1. The highest BCUT2D eigenvalue weighted by Gasteiger charge is 2.22. The largest absolute Gasteiger partial charge is 0.493 e. The highest BCUT2D eigenvalue weighted by molar-refractivity contribution is 7.10. The van der Waals surface area contributed by atoms with Gasteiger partial charge in [-0.3, -0.25) is 19.8 Å². The van der Waals surface area contributed by atoms with Crippen LogP contribution in [0.25, 0.3) is 11.1 Å². The van der Waals surface area contributed by atoms with Crippen molar-refractivity contribution in [2.45, 2.75) is 6.42 Å². The number of nitrogens with one attached hydrogen (secondary N) is 1. The second-order valence-corrected chi connectivity index (χ2v) is 6.34. The third-order valence-electron chi connectivity index (χ3n) is 3.84. The quantitative estimate of drug-likeness (QED) is 0.770. The SMILES string of the molecule is O=c1[nH]c(O)c(C(Cc2ccccn2)=C2C=Nc3ccccc32)s1. The van der Waals surface area contributed by atoms with Gasteiger partial charge in [-0.1, -0.05) is 35.6 Å². The summed E-state index contributed by atoms with van der Waals surface area (Å²) in [6.07, 6.45) is 4.01. The second-order valence-electron chi connectivity index (χ2n) is 5.36. The molecule has 0 spiro atoms. The van der Waals surface area contributed by atoms with Crippen LogP contribution in [0.4, 0.5) is 5.69 Å². The Morgan fingerprint density at radius 3 is 2.75 bits per heavy atom. The minimum atomic E-state index is -0.287. The lowest BCUT2D eigenvalue weighted by atomic mass is 9.97. The molecule has 118 valence electrons. The molecule has 24 heavy (non-hydrogen) atoms. The van der Waals surface area contributed by atoms with Crippen LogP contribution < -0.4 is 4.87 Å². The summed E-state index contributed by atoms with van der Waals surface area (Å²) in [5.74, 6) is -0.110. The minimum absolute atomic E-state index is 0.110. The predicted molar refractivity (Wildman–Crippen MR) is 96.0 cm³/mol. The smallest absolute Gasteiger partial charge is 0.307 e. The molecule has 0 aliphatic carbocycles. The lowest BCUT2D eigenvalue weighted by Gasteiger charge is -2.10. The maximum atomic E-state index is 11.7. The standard InChI is InChI=1S/C18H13N3O2S/c22-17-16(24-18(23)21-17)13(9-11-5-3-4-8-19-11)14-10-20-15-7-2-1-6-12(14)15/h1-8,10,22H,9H2,(H,21,23). The van der Waals surface area contributed by atoms with E-state index in [1.165, 1.54) is 0 Å². The van der Waals surface area contributed by atoms with Crippen LogP contribution in [0.1, 0.15) is 16.1 Å². The Morgan fingerprint density at radius 2 is 2.00 bits per heavy atom. The number of aromatic hydroxyl groups is 1. The molecule has 0 fully saturated rings. The number of aromatic nitrogens is 2. The summed E-state index contributed by atoms with van der Waals surface area (Å²) in [7, 11) is 0. The Hall–Kier alpha value is -2.99. The number of rotatable bonds is 3. The molecule has 3 aromatic rings. The highest BCUT2D eigenvalue weighted by atomic mass is 32.1. The molecule has 0 unspecified atom stereocenters. The predicted octanol–water partition coefficient (Wildman–Crippen LogP) is 3.41. The summed E-state index contributed by atoms with van der Waals surface area (Å²) in [5.41, 5.74) is 4.47. The number of thiazole rings is 1. The van der Waals surface area contributed by atoms with Crippen LogP contribution in [0.15, 0.2) is 58.4 Å². The number of pyridine rings is 1. The van der Waals surface area contributed by atoms with Gasteiger partial charge in [-0.15, -0.1) is 0 Å². The molecule has 2 N–H and O–H groups in total. The van der Waals surface area contributed by atoms with Crippen LogP contribution in [-0.4, -0.2) is 21.3 Å². The molecule has 0 amide bonds. The van der Waals surface area contributed by atoms with Gasteiger partial charge in [0.2, 0.25) is 5.88 Å². The number of nitrogens with zero attached hydrogens (tertiary/aromatic N) is 2. The molecule has 2 aromatic heterocycles. The molecule has 0 saturated heterocycles. The zero-order valence-electron chi connectivity index (χ0n) is 12.6. The molecule has 1 aliphatic rings. The first-order chi connectivity index (χ1) is 11.7. The molecular weight excluding hydrogens is 322 g/mol. The Labute approximate surface area is 141 Å². The molecular formula is C18H13N3O2S. The van der Waals surface area contributed by atoms with E-state index in [0.29, 0.717) is 11.3 Å². The fourth-order valence-electron chi connectivity index (χ4n) is 2.76. The number of hydrogen-bond donors (Lipinski definition) is 2. The van der Waals surface area contributed by atoms with Gasteiger partial charge in [0, 0.05) is 35.7 Å². The number of hydrogen-bond acceptors (Lipinski definition) is 5. The van der Waals surface area contributed by atoms with Crippen LogP contribution in [0, 0.1) is 0 Å². The van der Waals surface area contributed by atoms with Gasteiger partial charge in [0.05, 0.1) is 10.6 Å². The van der Waals surface area contributed by atoms with E-state index < -0.39 is 0 Å². The van der Waals surface area contributed by atoms with E-state index >= 15 is 0 Å². The summed E-state index contributed by atoms with van der Waals surface area (Å²) in [6, 6.07) is 13.5. The van der Waals surface area contributed by atoms with Gasteiger partial charge in [0.1, 0.15) is 0 Å². The molecule has 4 rings (SSSR count). The van der Waals surface area contributed by atoms with Crippen molar-refractivity contribution in [2.24, 2.45) is 4.99 Å². The Kier molecular flexibility index (Phi) is 3.59. The van der Waals surface area contributed by atoms with Crippen LogP contribution in [0.3, 0.4) is 0 Å². The average molecular weight is 335 g/mol. The molecule has 3 heterocycles. The summed E-state index contributed by atoms with van der Waals surface area (Å²) >= 11 is 0.995. The summed E-state index contributed by atoms with van der Waals surface area (Å²) in [4.78, 5) is 23.1. The van der Waals surface area contributed by atoms with Gasteiger partial charge in [-0.25, -0.2) is 0 Å². The summed E-state index contributed by atoms with van der Waals surface area (Å²) < 4.78 is 0. The Morgan fingerprint density at radius 1 is 1.17 bits per heavy atom. The zero-order valence-corrected chi connectivity index (χ0v) is 13.4. The van der Waals surface area contributed by atoms with E-state index in [1.54, 1.807) is 12.4 Å².